The molecule has 1 N–H and O–H groups in total. The van der Waals surface area contributed by atoms with E-state index in [4.69, 9.17) is 4.42 Å². The predicted molar refractivity (Wildman–Crippen MR) is 76.7 cm³/mol. The number of rotatable bonds is 6. The first-order valence-electron chi connectivity index (χ1n) is 7.28. The molecule has 3 heterocycles. The molecule has 2 aromatic heterocycles. The Balaban J connectivity index is 1.61. The van der Waals surface area contributed by atoms with Crippen LogP contribution >= 0.6 is 0 Å². The van der Waals surface area contributed by atoms with Crippen LogP contribution in [0.5, 0.6) is 0 Å². The van der Waals surface area contributed by atoms with E-state index in [1.54, 1.807) is 9.58 Å². The van der Waals surface area contributed by atoms with Gasteiger partial charge < -0.3 is 14.6 Å². The maximum Gasteiger partial charge on any atom is 0.317 e. The fourth-order valence-corrected chi connectivity index (χ4v) is 2.36. The van der Waals surface area contributed by atoms with Gasteiger partial charge in [-0.1, -0.05) is 12.1 Å². The molecule has 0 spiro atoms. The fraction of sp³-hybridized carbons (Fsp3) is 0.500. The van der Waals surface area contributed by atoms with E-state index in [0.717, 1.165) is 36.6 Å². The van der Waals surface area contributed by atoms with Crippen LogP contribution in [0.1, 0.15) is 19.1 Å². The van der Waals surface area contributed by atoms with Gasteiger partial charge in [0.25, 0.3) is 0 Å². The number of urea groups is 1. The van der Waals surface area contributed by atoms with E-state index >= 15 is 0 Å². The summed E-state index contributed by atoms with van der Waals surface area (Å²) in [6.07, 6.45) is 3.83. The second kappa shape index (κ2) is 5.99. The van der Waals surface area contributed by atoms with Crippen molar-refractivity contribution in [3.05, 3.63) is 24.1 Å². The van der Waals surface area contributed by atoms with E-state index < -0.39 is 0 Å². The highest BCUT2D eigenvalue weighted by molar-refractivity contribution is 5.76. The molecule has 3 rings (SSSR count). The number of carbonyl (C=O) groups is 1. The number of hydrogen-bond donors (Lipinski definition) is 1. The van der Waals surface area contributed by atoms with Gasteiger partial charge in [-0.15, -0.1) is 5.10 Å². The maximum atomic E-state index is 11.4. The largest absolute Gasteiger partial charge is 0.459 e. The first-order valence-corrected chi connectivity index (χ1v) is 7.28. The van der Waals surface area contributed by atoms with Crippen LogP contribution in [0.15, 0.2) is 22.7 Å². The van der Waals surface area contributed by atoms with Gasteiger partial charge in [0.2, 0.25) is 0 Å². The second-order valence-corrected chi connectivity index (χ2v) is 5.10. The lowest BCUT2D eigenvalue weighted by atomic mass is 10.3. The van der Waals surface area contributed by atoms with Crippen molar-refractivity contribution in [3.63, 3.8) is 0 Å². The molecule has 1 aliphatic rings. The molecule has 0 saturated carbocycles. The van der Waals surface area contributed by atoms with E-state index in [2.05, 4.69) is 22.6 Å². The molecule has 0 aromatic carbocycles. The lowest BCUT2D eigenvalue weighted by Crippen LogP contribution is -2.31. The summed E-state index contributed by atoms with van der Waals surface area (Å²) in [4.78, 5) is 13.2. The summed E-state index contributed by atoms with van der Waals surface area (Å²) in [5, 5.41) is 11.0. The highest BCUT2D eigenvalue weighted by atomic mass is 16.3. The van der Waals surface area contributed by atoms with Gasteiger partial charge >= 0.3 is 6.03 Å². The standard InChI is InChI=1S/C14H19N5O2/c1-2-3-11-4-5-13(21-11)12-10-19(17-16-12)9-8-18-7-6-15-14(18)20/h4-5,10H,2-3,6-9H2,1H3,(H,15,20). The van der Waals surface area contributed by atoms with Crippen molar-refractivity contribution in [2.75, 3.05) is 19.6 Å². The van der Waals surface area contributed by atoms with E-state index in [1.165, 1.54) is 0 Å². The van der Waals surface area contributed by atoms with Crippen molar-refractivity contribution in [2.24, 2.45) is 0 Å². The lowest BCUT2D eigenvalue weighted by molar-refractivity contribution is 0.215. The van der Waals surface area contributed by atoms with Crippen molar-refractivity contribution in [1.82, 2.24) is 25.2 Å². The number of furan rings is 1. The molecular formula is C14H19N5O2. The summed E-state index contributed by atoms with van der Waals surface area (Å²) in [6, 6.07) is 3.89. The minimum absolute atomic E-state index is 0.00872. The summed E-state index contributed by atoms with van der Waals surface area (Å²) >= 11 is 0. The van der Waals surface area contributed by atoms with E-state index in [9.17, 15) is 4.79 Å². The van der Waals surface area contributed by atoms with Gasteiger partial charge in [-0.3, -0.25) is 4.68 Å². The molecule has 7 heteroatoms. The topological polar surface area (TPSA) is 76.2 Å². The first-order chi connectivity index (χ1) is 10.3. The average Bonchev–Trinajstić information content (AvgIpc) is 3.17. The van der Waals surface area contributed by atoms with Gasteiger partial charge in [-0.05, 0) is 18.6 Å². The summed E-state index contributed by atoms with van der Waals surface area (Å²) < 4.78 is 7.47. The molecule has 2 aromatic rings. The van der Waals surface area contributed by atoms with Gasteiger partial charge in [0.05, 0.1) is 12.7 Å². The molecule has 0 radical (unpaired) electrons. The Morgan fingerprint density at radius 3 is 3.05 bits per heavy atom. The normalized spacial score (nSPS) is 14.7. The fourth-order valence-electron chi connectivity index (χ4n) is 2.36. The number of nitrogens with zero attached hydrogens (tertiary/aromatic N) is 4. The number of aryl methyl sites for hydroxylation is 1. The SMILES string of the molecule is CCCc1ccc(-c2cn(CCN3CCNC3=O)nn2)o1. The molecule has 1 saturated heterocycles. The maximum absolute atomic E-state index is 11.4. The van der Waals surface area contributed by atoms with Crippen molar-refractivity contribution >= 4 is 6.03 Å². The highest BCUT2D eigenvalue weighted by Gasteiger charge is 2.19. The molecule has 0 aliphatic carbocycles. The molecule has 2 amide bonds. The van der Waals surface area contributed by atoms with Crippen molar-refractivity contribution < 1.29 is 9.21 Å². The molecular weight excluding hydrogens is 270 g/mol. The zero-order chi connectivity index (χ0) is 14.7. The minimum atomic E-state index is -0.00872. The Hall–Kier alpha value is -2.31. The van der Waals surface area contributed by atoms with E-state index in [-0.39, 0.29) is 6.03 Å². The molecule has 1 fully saturated rings. The molecule has 7 nitrogen and oxygen atoms in total. The number of aromatic nitrogens is 3. The number of nitrogens with one attached hydrogen (secondary N) is 1. The summed E-state index contributed by atoms with van der Waals surface area (Å²) in [5.41, 5.74) is 0.725. The Morgan fingerprint density at radius 2 is 2.29 bits per heavy atom. The van der Waals surface area contributed by atoms with Gasteiger partial charge in [0, 0.05) is 26.1 Å². The highest BCUT2D eigenvalue weighted by Crippen LogP contribution is 2.20. The number of hydrogen-bond acceptors (Lipinski definition) is 4. The lowest BCUT2D eigenvalue weighted by Gasteiger charge is -2.12. The van der Waals surface area contributed by atoms with Crippen molar-refractivity contribution in [1.29, 1.82) is 0 Å². The first kappa shape index (κ1) is 13.7. The zero-order valence-corrected chi connectivity index (χ0v) is 12.1. The van der Waals surface area contributed by atoms with Crippen LogP contribution in [0.25, 0.3) is 11.5 Å². The third kappa shape index (κ3) is 3.07. The third-order valence-electron chi connectivity index (χ3n) is 3.49. The van der Waals surface area contributed by atoms with Crippen LogP contribution in [0.2, 0.25) is 0 Å². The minimum Gasteiger partial charge on any atom is -0.459 e. The van der Waals surface area contributed by atoms with Crippen LogP contribution in [0, 0.1) is 0 Å². The monoisotopic (exact) mass is 289 g/mol. The van der Waals surface area contributed by atoms with Gasteiger partial charge in [0.15, 0.2) is 5.76 Å². The van der Waals surface area contributed by atoms with Crippen LogP contribution < -0.4 is 5.32 Å². The molecule has 21 heavy (non-hydrogen) atoms. The zero-order valence-electron chi connectivity index (χ0n) is 12.1. The molecule has 0 unspecified atom stereocenters. The summed E-state index contributed by atoms with van der Waals surface area (Å²) in [6.45, 7) is 4.84. The summed E-state index contributed by atoms with van der Waals surface area (Å²) in [7, 11) is 0. The molecule has 0 bridgehead atoms. The molecule has 0 atom stereocenters. The van der Waals surface area contributed by atoms with Crippen LogP contribution in [-0.4, -0.2) is 45.6 Å². The molecule has 112 valence electrons. The van der Waals surface area contributed by atoms with Crippen LogP contribution in [0.3, 0.4) is 0 Å². The van der Waals surface area contributed by atoms with Gasteiger partial charge in [-0.2, -0.15) is 0 Å². The number of carbonyl (C=O) groups excluding carboxylic acids is 1. The van der Waals surface area contributed by atoms with Gasteiger partial charge in [-0.25, -0.2) is 4.79 Å². The van der Waals surface area contributed by atoms with Crippen molar-refractivity contribution in [2.45, 2.75) is 26.3 Å². The smallest absolute Gasteiger partial charge is 0.317 e. The van der Waals surface area contributed by atoms with Crippen molar-refractivity contribution in [3.8, 4) is 11.5 Å². The third-order valence-corrected chi connectivity index (χ3v) is 3.49. The van der Waals surface area contributed by atoms with Crippen LogP contribution in [0.4, 0.5) is 4.79 Å². The summed E-state index contributed by atoms with van der Waals surface area (Å²) in [5.74, 6) is 1.71. The van der Waals surface area contributed by atoms with Crippen LogP contribution in [-0.2, 0) is 13.0 Å². The van der Waals surface area contributed by atoms with Gasteiger partial charge in [0.1, 0.15) is 11.5 Å². The number of amides is 2. The molecule has 1 aliphatic heterocycles. The predicted octanol–water partition coefficient (Wildman–Crippen LogP) is 1.52. The second-order valence-electron chi connectivity index (χ2n) is 5.10. The quantitative estimate of drug-likeness (QED) is 0.874. The Bertz CT molecular complexity index is 618. The average molecular weight is 289 g/mol. The Labute approximate surface area is 122 Å². The van der Waals surface area contributed by atoms with E-state index in [0.29, 0.717) is 19.6 Å². The Kier molecular flexibility index (Phi) is 3.89. The van der Waals surface area contributed by atoms with E-state index in [1.807, 2.05) is 18.3 Å². The Morgan fingerprint density at radius 1 is 1.38 bits per heavy atom.